The smallest absolute Gasteiger partial charge is 0.255 e. The third kappa shape index (κ3) is 2.74. The lowest BCUT2D eigenvalue weighted by molar-refractivity contribution is -0.128. The first-order valence-corrected chi connectivity index (χ1v) is 8.23. The number of hydrogen-bond acceptors (Lipinski definition) is 3. The summed E-state index contributed by atoms with van der Waals surface area (Å²) in [6.45, 7) is 0.928. The van der Waals surface area contributed by atoms with E-state index in [-0.39, 0.29) is 11.8 Å². The van der Waals surface area contributed by atoms with Gasteiger partial charge in [0, 0.05) is 30.2 Å². The molecule has 1 N–H and O–H groups in total. The van der Waals surface area contributed by atoms with Crippen LogP contribution in [0, 0.1) is 0 Å². The van der Waals surface area contributed by atoms with Gasteiger partial charge in [0.2, 0.25) is 5.91 Å². The summed E-state index contributed by atoms with van der Waals surface area (Å²) < 4.78 is 0. The number of carbonyl (C=O) groups excluding carboxylic acids is 2. The minimum Gasteiger partial charge on any atom is -0.352 e. The van der Waals surface area contributed by atoms with Crippen molar-refractivity contribution in [3.05, 3.63) is 78.0 Å². The monoisotopic (exact) mass is 331 g/mol. The molecule has 5 heteroatoms. The van der Waals surface area contributed by atoms with E-state index < -0.39 is 6.04 Å². The maximum absolute atomic E-state index is 13.3. The van der Waals surface area contributed by atoms with E-state index >= 15 is 0 Å². The summed E-state index contributed by atoms with van der Waals surface area (Å²) in [5, 5.41) is 3.66. The molecule has 0 bridgehead atoms. The summed E-state index contributed by atoms with van der Waals surface area (Å²) in [7, 11) is 0. The maximum atomic E-state index is 13.3. The summed E-state index contributed by atoms with van der Waals surface area (Å²) in [6.07, 6.45) is 1.71. The largest absolute Gasteiger partial charge is 0.352 e. The molecule has 1 aliphatic heterocycles. The van der Waals surface area contributed by atoms with Crippen molar-refractivity contribution in [1.82, 2.24) is 15.2 Å². The first kappa shape index (κ1) is 15.3. The van der Waals surface area contributed by atoms with Crippen LogP contribution in [-0.2, 0) is 4.79 Å². The van der Waals surface area contributed by atoms with Crippen LogP contribution in [0.1, 0.15) is 22.0 Å². The lowest BCUT2D eigenvalue weighted by Crippen LogP contribution is -2.52. The molecule has 0 radical (unpaired) electrons. The van der Waals surface area contributed by atoms with Gasteiger partial charge in [0.1, 0.15) is 6.04 Å². The Hall–Kier alpha value is -3.21. The van der Waals surface area contributed by atoms with Gasteiger partial charge in [-0.25, -0.2) is 0 Å². The number of benzene rings is 2. The van der Waals surface area contributed by atoms with Gasteiger partial charge in [-0.05, 0) is 23.8 Å². The first-order chi connectivity index (χ1) is 12.3. The fourth-order valence-corrected chi connectivity index (χ4v) is 3.30. The SMILES string of the molecule is O=C1NCCN(C(=O)c2cccc3ncccc23)C1c1ccccc1. The number of nitrogens with zero attached hydrogens (tertiary/aromatic N) is 2. The fourth-order valence-electron chi connectivity index (χ4n) is 3.30. The van der Waals surface area contributed by atoms with Crippen molar-refractivity contribution in [2.75, 3.05) is 13.1 Å². The van der Waals surface area contributed by atoms with Crippen LogP contribution in [-0.4, -0.2) is 34.8 Å². The van der Waals surface area contributed by atoms with Crippen LogP contribution in [0.2, 0.25) is 0 Å². The summed E-state index contributed by atoms with van der Waals surface area (Å²) >= 11 is 0. The van der Waals surface area contributed by atoms with Gasteiger partial charge in [-0.15, -0.1) is 0 Å². The summed E-state index contributed by atoms with van der Waals surface area (Å²) in [4.78, 5) is 31.7. The minimum atomic E-state index is -0.616. The van der Waals surface area contributed by atoms with Crippen molar-refractivity contribution in [2.24, 2.45) is 0 Å². The Morgan fingerprint density at radius 1 is 1.04 bits per heavy atom. The van der Waals surface area contributed by atoms with Gasteiger partial charge in [-0.1, -0.05) is 42.5 Å². The molecule has 4 rings (SSSR count). The third-order valence-corrected chi connectivity index (χ3v) is 4.46. The maximum Gasteiger partial charge on any atom is 0.255 e. The Balaban J connectivity index is 1.78. The van der Waals surface area contributed by atoms with E-state index in [2.05, 4.69) is 10.3 Å². The van der Waals surface area contributed by atoms with E-state index in [4.69, 9.17) is 0 Å². The number of carbonyl (C=O) groups is 2. The fraction of sp³-hybridized carbons (Fsp3) is 0.150. The van der Waals surface area contributed by atoms with Crippen molar-refractivity contribution in [3.63, 3.8) is 0 Å². The highest BCUT2D eigenvalue weighted by Gasteiger charge is 2.35. The Kier molecular flexibility index (Phi) is 3.90. The van der Waals surface area contributed by atoms with Gasteiger partial charge in [-0.3, -0.25) is 14.6 Å². The molecule has 124 valence electrons. The summed E-state index contributed by atoms with van der Waals surface area (Å²) in [6, 6.07) is 18.0. The third-order valence-electron chi connectivity index (χ3n) is 4.46. The highest BCUT2D eigenvalue weighted by molar-refractivity contribution is 6.07. The van der Waals surface area contributed by atoms with Crippen molar-refractivity contribution in [2.45, 2.75) is 6.04 Å². The van der Waals surface area contributed by atoms with Crippen LogP contribution < -0.4 is 5.32 Å². The molecule has 1 atom stereocenters. The second kappa shape index (κ2) is 6.36. The van der Waals surface area contributed by atoms with Crippen LogP contribution >= 0.6 is 0 Å². The number of aromatic nitrogens is 1. The molecule has 3 aromatic rings. The standard InChI is InChI=1S/C20H17N3O2/c24-19-18(14-6-2-1-3-7-14)23(13-12-22-19)20(25)16-8-4-10-17-15(16)9-5-11-21-17/h1-11,18H,12-13H2,(H,22,24). The van der Waals surface area contributed by atoms with Gasteiger partial charge in [0.15, 0.2) is 0 Å². The molecule has 2 aromatic carbocycles. The van der Waals surface area contributed by atoms with Gasteiger partial charge in [-0.2, -0.15) is 0 Å². The summed E-state index contributed by atoms with van der Waals surface area (Å²) in [5.74, 6) is -0.300. The highest BCUT2D eigenvalue weighted by atomic mass is 16.2. The summed E-state index contributed by atoms with van der Waals surface area (Å²) in [5.41, 5.74) is 2.15. The molecule has 2 heterocycles. The number of nitrogens with one attached hydrogen (secondary N) is 1. The zero-order valence-corrected chi connectivity index (χ0v) is 13.6. The number of piperazine rings is 1. The molecule has 2 amide bonds. The Morgan fingerprint density at radius 3 is 2.72 bits per heavy atom. The lowest BCUT2D eigenvalue weighted by Gasteiger charge is -2.35. The zero-order valence-electron chi connectivity index (χ0n) is 13.6. The predicted octanol–water partition coefficient (Wildman–Crippen LogP) is 2.55. The molecule has 1 saturated heterocycles. The zero-order chi connectivity index (χ0) is 17.2. The molecule has 1 fully saturated rings. The van der Waals surface area contributed by atoms with E-state index in [1.165, 1.54) is 0 Å². The van der Waals surface area contributed by atoms with E-state index in [9.17, 15) is 9.59 Å². The van der Waals surface area contributed by atoms with Crippen molar-refractivity contribution in [1.29, 1.82) is 0 Å². The second-order valence-electron chi connectivity index (χ2n) is 5.98. The molecule has 5 nitrogen and oxygen atoms in total. The van der Waals surface area contributed by atoms with Crippen LogP contribution in [0.4, 0.5) is 0 Å². The minimum absolute atomic E-state index is 0.149. The number of pyridine rings is 1. The number of hydrogen-bond donors (Lipinski definition) is 1. The first-order valence-electron chi connectivity index (χ1n) is 8.23. The van der Waals surface area contributed by atoms with Crippen LogP contribution in [0.5, 0.6) is 0 Å². The van der Waals surface area contributed by atoms with E-state index in [1.54, 1.807) is 17.2 Å². The molecule has 0 aliphatic carbocycles. The molecule has 1 aliphatic rings. The molecule has 1 aromatic heterocycles. The van der Waals surface area contributed by atoms with E-state index in [0.717, 1.165) is 16.5 Å². The molecule has 0 spiro atoms. The topological polar surface area (TPSA) is 62.3 Å². The Labute approximate surface area is 145 Å². The van der Waals surface area contributed by atoms with E-state index in [1.807, 2.05) is 54.6 Å². The second-order valence-corrected chi connectivity index (χ2v) is 5.98. The van der Waals surface area contributed by atoms with Crippen LogP contribution in [0.25, 0.3) is 10.9 Å². The van der Waals surface area contributed by atoms with Gasteiger partial charge in [0.25, 0.3) is 5.91 Å². The van der Waals surface area contributed by atoms with Crippen LogP contribution in [0.3, 0.4) is 0 Å². The van der Waals surface area contributed by atoms with E-state index in [0.29, 0.717) is 18.7 Å². The lowest BCUT2D eigenvalue weighted by atomic mass is 10.00. The highest BCUT2D eigenvalue weighted by Crippen LogP contribution is 2.27. The molecule has 1 unspecified atom stereocenters. The average molecular weight is 331 g/mol. The molecule has 0 saturated carbocycles. The number of rotatable bonds is 2. The normalized spacial score (nSPS) is 17.4. The van der Waals surface area contributed by atoms with Crippen molar-refractivity contribution >= 4 is 22.7 Å². The predicted molar refractivity (Wildman–Crippen MR) is 95.0 cm³/mol. The van der Waals surface area contributed by atoms with Gasteiger partial charge < -0.3 is 10.2 Å². The number of fused-ring (bicyclic) bond motifs is 1. The molecular formula is C20H17N3O2. The number of amides is 2. The molecular weight excluding hydrogens is 314 g/mol. The Morgan fingerprint density at radius 2 is 1.88 bits per heavy atom. The van der Waals surface area contributed by atoms with Crippen LogP contribution in [0.15, 0.2) is 66.9 Å². The molecule has 25 heavy (non-hydrogen) atoms. The van der Waals surface area contributed by atoms with Crippen molar-refractivity contribution in [3.8, 4) is 0 Å². The quantitative estimate of drug-likeness (QED) is 0.785. The van der Waals surface area contributed by atoms with Gasteiger partial charge >= 0.3 is 0 Å². The Bertz CT molecular complexity index is 935. The van der Waals surface area contributed by atoms with Gasteiger partial charge in [0.05, 0.1) is 5.52 Å². The van der Waals surface area contributed by atoms with Crippen molar-refractivity contribution < 1.29 is 9.59 Å². The average Bonchev–Trinajstić information content (AvgIpc) is 2.67.